The van der Waals surface area contributed by atoms with Gasteiger partial charge in [0.25, 0.3) is 11.6 Å². The molecule has 0 spiro atoms. The van der Waals surface area contributed by atoms with Gasteiger partial charge in [0.2, 0.25) is 5.91 Å². The number of piperazine rings is 1. The van der Waals surface area contributed by atoms with Gasteiger partial charge in [-0.1, -0.05) is 18.2 Å². The summed E-state index contributed by atoms with van der Waals surface area (Å²) in [5, 5.41) is 12.3. The number of nitrogens with zero attached hydrogens (tertiary/aromatic N) is 3. The fourth-order valence-electron chi connectivity index (χ4n) is 3.98. The molecule has 35 heavy (non-hydrogen) atoms. The largest absolute Gasteiger partial charge is 0.484 e. The predicted octanol–water partition coefficient (Wildman–Crippen LogP) is 3.54. The second kappa shape index (κ2) is 9.65. The molecule has 0 bridgehead atoms. The number of hydrogen-bond donors (Lipinski definition) is 1. The van der Waals surface area contributed by atoms with Crippen molar-refractivity contribution in [1.29, 1.82) is 0 Å². The van der Waals surface area contributed by atoms with Crippen molar-refractivity contribution in [2.75, 3.05) is 32.8 Å². The van der Waals surface area contributed by atoms with E-state index in [4.69, 9.17) is 0 Å². The van der Waals surface area contributed by atoms with Gasteiger partial charge in [-0.05, 0) is 23.8 Å². The average Bonchev–Trinajstić information content (AvgIpc) is 3.24. The van der Waals surface area contributed by atoms with Gasteiger partial charge in [-0.15, -0.1) is 0 Å². The first-order valence-corrected chi connectivity index (χ1v) is 10.7. The van der Waals surface area contributed by atoms with Gasteiger partial charge in [0.1, 0.15) is 11.3 Å². The average molecular weight is 490 g/mol. The number of carbonyl (C=O) groups is 2. The second-order valence-corrected chi connectivity index (χ2v) is 8.05. The molecule has 2 amide bonds. The first-order valence-electron chi connectivity index (χ1n) is 10.7. The Morgan fingerprint density at radius 3 is 2.43 bits per heavy atom. The van der Waals surface area contributed by atoms with E-state index < -0.39 is 29.3 Å². The van der Waals surface area contributed by atoms with E-state index in [0.29, 0.717) is 0 Å². The molecule has 1 aliphatic rings. The quantitative estimate of drug-likeness (QED) is 0.420. The fraction of sp³-hybridized carbons (Fsp3) is 0.304. The lowest BCUT2D eigenvalue weighted by Gasteiger charge is -2.34. The Balaban J connectivity index is 1.41. The van der Waals surface area contributed by atoms with E-state index in [0.717, 1.165) is 34.7 Å². The van der Waals surface area contributed by atoms with Crippen molar-refractivity contribution in [3.05, 3.63) is 69.9 Å². The van der Waals surface area contributed by atoms with Crippen LogP contribution in [0.5, 0.6) is 5.75 Å². The Morgan fingerprint density at radius 2 is 1.74 bits per heavy atom. The lowest BCUT2D eigenvalue weighted by atomic mass is 10.1. The van der Waals surface area contributed by atoms with Crippen molar-refractivity contribution in [2.24, 2.45) is 0 Å². The van der Waals surface area contributed by atoms with E-state index in [-0.39, 0.29) is 49.8 Å². The Kier molecular flexibility index (Phi) is 6.63. The Labute approximate surface area is 197 Å². The molecule has 0 radical (unpaired) electrons. The van der Waals surface area contributed by atoms with Crippen LogP contribution in [0.2, 0.25) is 0 Å². The molecule has 0 unspecified atom stereocenters. The Bertz CT molecular complexity index is 1270. The smallest absolute Gasteiger partial charge is 0.422 e. The highest BCUT2D eigenvalue weighted by Gasteiger charge is 2.31. The highest BCUT2D eigenvalue weighted by Crippen LogP contribution is 2.27. The van der Waals surface area contributed by atoms with E-state index in [1.807, 2.05) is 24.3 Å². The molecule has 1 N–H and O–H groups in total. The predicted molar refractivity (Wildman–Crippen MR) is 119 cm³/mol. The molecule has 2 aromatic carbocycles. The van der Waals surface area contributed by atoms with Crippen LogP contribution in [0.1, 0.15) is 15.9 Å². The summed E-state index contributed by atoms with van der Waals surface area (Å²) in [5.74, 6) is -1.13. The minimum absolute atomic E-state index is 0.115. The van der Waals surface area contributed by atoms with Gasteiger partial charge < -0.3 is 19.5 Å². The van der Waals surface area contributed by atoms with Crippen molar-refractivity contribution in [3.8, 4) is 5.75 Å². The molecule has 3 aromatic rings. The number of halogens is 3. The third kappa shape index (κ3) is 5.53. The second-order valence-electron chi connectivity index (χ2n) is 8.05. The molecule has 12 heteroatoms. The van der Waals surface area contributed by atoms with Crippen LogP contribution in [-0.2, 0) is 11.2 Å². The maximum atomic E-state index is 13.0. The number of rotatable bonds is 6. The van der Waals surface area contributed by atoms with Crippen molar-refractivity contribution < 1.29 is 32.4 Å². The third-order valence-corrected chi connectivity index (χ3v) is 5.73. The van der Waals surface area contributed by atoms with E-state index in [1.54, 1.807) is 11.1 Å². The molecule has 0 atom stereocenters. The van der Waals surface area contributed by atoms with E-state index in [1.165, 1.54) is 4.90 Å². The molecule has 4 rings (SSSR count). The minimum Gasteiger partial charge on any atom is -0.484 e. The van der Waals surface area contributed by atoms with Crippen molar-refractivity contribution >= 4 is 28.4 Å². The first kappa shape index (κ1) is 24.0. The van der Waals surface area contributed by atoms with Crippen molar-refractivity contribution in [2.45, 2.75) is 12.6 Å². The van der Waals surface area contributed by atoms with Crippen LogP contribution in [-0.4, -0.2) is 70.5 Å². The van der Waals surface area contributed by atoms with Gasteiger partial charge in [-0.3, -0.25) is 19.7 Å². The zero-order chi connectivity index (χ0) is 25.2. The molecule has 0 aliphatic carbocycles. The zero-order valence-electron chi connectivity index (χ0n) is 18.4. The van der Waals surface area contributed by atoms with Gasteiger partial charge in [-0.2, -0.15) is 13.2 Å². The van der Waals surface area contributed by atoms with Gasteiger partial charge in [0.05, 0.1) is 11.3 Å². The summed E-state index contributed by atoms with van der Waals surface area (Å²) in [6.07, 6.45) is -2.63. The zero-order valence-corrected chi connectivity index (χ0v) is 18.4. The number of aromatic nitrogens is 1. The van der Waals surface area contributed by atoms with E-state index in [9.17, 15) is 32.9 Å². The normalized spacial score (nSPS) is 14.3. The summed E-state index contributed by atoms with van der Waals surface area (Å²) in [5.41, 5.74) is 0.879. The highest BCUT2D eigenvalue weighted by molar-refractivity contribution is 5.98. The van der Waals surface area contributed by atoms with E-state index >= 15 is 0 Å². The number of fused-ring (bicyclic) bond motifs is 1. The van der Waals surface area contributed by atoms with Gasteiger partial charge >= 0.3 is 6.18 Å². The standard InChI is InChI=1S/C23H21F3N4O5/c24-23(25,26)14-35-16-5-6-20(30(33)34)18(12-16)22(32)29-9-7-28(8-10-29)21(31)11-15-13-27-19-4-2-1-3-17(15)19/h1-6,12-13,27H,7-11,14H2. The molecular weight excluding hydrogens is 469 g/mol. The molecule has 1 aromatic heterocycles. The van der Waals surface area contributed by atoms with Crippen LogP contribution in [0.4, 0.5) is 18.9 Å². The first-order chi connectivity index (χ1) is 16.6. The van der Waals surface area contributed by atoms with Crippen LogP contribution in [0.25, 0.3) is 10.9 Å². The van der Waals surface area contributed by atoms with Crippen LogP contribution in [0.3, 0.4) is 0 Å². The molecule has 9 nitrogen and oxygen atoms in total. The molecule has 1 aliphatic heterocycles. The number of benzene rings is 2. The Hall–Kier alpha value is -4.09. The van der Waals surface area contributed by atoms with Crippen molar-refractivity contribution in [1.82, 2.24) is 14.8 Å². The number of hydrogen-bond acceptors (Lipinski definition) is 5. The molecule has 2 heterocycles. The van der Waals surface area contributed by atoms with Crippen LogP contribution in [0.15, 0.2) is 48.7 Å². The summed E-state index contributed by atoms with van der Waals surface area (Å²) in [7, 11) is 0. The van der Waals surface area contributed by atoms with E-state index in [2.05, 4.69) is 9.72 Å². The summed E-state index contributed by atoms with van der Waals surface area (Å²) in [6.45, 7) is -0.877. The molecule has 1 saturated heterocycles. The summed E-state index contributed by atoms with van der Waals surface area (Å²) in [6, 6.07) is 10.5. The third-order valence-electron chi connectivity index (χ3n) is 5.73. The topological polar surface area (TPSA) is 109 Å². The van der Waals surface area contributed by atoms with Gasteiger partial charge in [0, 0.05) is 49.3 Å². The number of alkyl halides is 3. The van der Waals surface area contributed by atoms with Crippen LogP contribution in [0, 0.1) is 10.1 Å². The molecule has 0 saturated carbocycles. The molecular formula is C23H21F3N4O5. The Morgan fingerprint density at radius 1 is 1.06 bits per heavy atom. The monoisotopic (exact) mass is 490 g/mol. The summed E-state index contributed by atoms with van der Waals surface area (Å²) < 4.78 is 42.0. The van der Waals surface area contributed by atoms with Crippen LogP contribution < -0.4 is 4.74 Å². The number of aromatic amines is 1. The molecule has 184 valence electrons. The number of nitro benzene ring substituents is 1. The fourth-order valence-corrected chi connectivity index (χ4v) is 3.98. The summed E-state index contributed by atoms with van der Waals surface area (Å²) >= 11 is 0. The molecule has 1 fully saturated rings. The maximum Gasteiger partial charge on any atom is 0.422 e. The number of para-hydroxylation sites is 1. The highest BCUT2D eigenvalue weighted by atomic mass is 19.4. The summed E-state index contributed by atoms with van der Waals surface area (Å²) in [4.78, 5) is 42.5. The minimum atomic E-state index is -4.60. The number of nitrogens with one attached hydrogen (secondary N) is 1. The number of H-pyrrole nitrogens is 1. The maximum absolute atomic E-state index is 13.0. The van der Waals surface area contributed by atoms with Gasteiger partial charge in [0.15, 0.2) is 6.61 Å². The van der Waals surface area contributed by atoms with Crippen LogP contribution >= 0.6 is 0 Å². The number of ether oxygens (including phenoxy) is 1. The van der Waals surface area contributed by atoms with Crippen molar-refractivity contribution in [3.63, 3.8) is 0 Å². The number of amides is 2. The SMILES string of the molecule is O=C(Cc1c[nH]c2ccccc12)N1CCN(C(=O)c2cc(OCC(F)(F)F)ccc2[N+](=O)[O-])CC1. The number of carbonyl (C=O) groups excluding carboxylic acids is 2. The number of nitro groups is 1. The lowest BCUT2D eigenvalue weighted by Crippen LogP contribution is -2.51. The lowest BCUT2D eigenvalue weighted by molar-refractivity contribution is -0.385. The van der Waals surface area contributed by atoms with Gasteiger partial charge in [-0.25, -0.2) is 0 Å².